The molecule has 9 heavy (non-hydrogen) atoms. The molecule has 0 aliphatic rings. The Kier molecular flexibility index (Phi) is 9.27. The van der Waals surface area contributed by atoms with Crippen molar-refractivity contribution in [3.8, 4) is 0 Å². The van der Waals surface area contributed by atoms with Crippen LogP contribution in [0.2, 0.25) is 0 Å². The van der Waals surface area contributed by atoms with Gasteiger partial charge in [-0.1, -0.05) is 12.2 Å². The van der Waals surface area contributed by atoms with Crippen molar-refractivity contribution in [2.45, 2.75) is 6.92 Å². The van der Waals surface area contributed by atoms with Crippen LogP contribution < -0.4 is 29.6 Å². The van der Waals surface area contributed by atoms with E-state index in [1.54, 1.807) is 6.92 Å². The molecule has 0 heterocycles. The van der Waals surface area contributed by atoms with Gasteiger partial charge in [-0.05, 0) is 6.92 Å². The van der Waals surface area contributed by atoms with E-state index in [0.717, 1.165) is 0 Å². The maximum absolute atomic E-state index is 9.64. The van der Waals surface area contributed by atoms with Crippen molar-refractivity contribution in [2.24, 2.45) is 0 Å². The summed E-state index contributed by atoms with van der Waals surface area (Å²) >= 11 is 0. The molecule has 5 heteroatoms. The maximum atomic E-state index is 9.64. The Balaban J connectivity index is 0. The Morgan fingerprint density at radius 1 is 1.67 bits per heavy atom. The van der Waals surface area contributed by atoms with Gasteiger partial charge >= 0.3 is 29.6 Å². The Bertz CT molecular complexity index is 144. The molecule has 0 aromatic carbocycles. The molecule has 0 atom stereocenters. The summed E-state index contributed by atoms with van der Waals surface area (Å²) in [4.78, 5) is 0. The zero-order valence-corrected chi connectivity index (χ0v) is 8.36. The summed E-state index contributed by atoms with van der Waals surface area (Å²) in [6.45, 7) is 5.20. The van der Waals surface area contributed by atoms with Gasteiger partial charge in [0.15, 0.2) is 0 Å². The summed E-state index contributed by atoms with van der Waals surface area (Å²) in [6, 6.07) is 0. The van der Waals surface area contributed by atoms with Crippen molar-refractivity contribution in [2.75, 3.05) is 6.61 Å². The van der Waals surface area contributed by atoms with Crippen LogP contribution in [-0.4, -0.2) is 6.61 Å². The molecule has 0 amide bonds. The predicted octanol–water partition coefficient (Wildman–Crippen LogP) is -2.19. The van der Waals surface area contributed by atoms with Crippen molar-refractivity contribution in [3.63, 3.8) is 0 Å². The molecule has 0 N–H and O–H groups in total. The van der Waals surface area contributed by atoms with Crippen LogP contribution in [-0.2, 0) is 23.6 Å². The van der Waals surface area contributed by atoms with Gasteiger partial charge in [-0.3, -0.25) is 0 Å². The molecule has 0 saturated carbocycles. The first kappa shape index (κ1) is 12.3. The van der Waals surface area contributed by atoms with Gasteiger partial charge < -0.3 is 12.6 Å². The monoisotopic (exact) mass is 158 g/mol. The average molecular weight is 158 g/mol. The Labute approximate surface area is 78.5 Å². The van der Waals surface area contributed by atoms with E-state index in [1.165, 1.54) is 0 Å². The van der Waals surface area contributed by atoms with Gasteiger partial charge in [0.05, 0.1) is 11.0 Å². The van der Waals surface area contributed by atoms with Crippen LogP contribution in [0.15, 0.2) is 12.2 Å². The molecule has 0 spiro atoms. The van der Waals surface area contributed by atoms with Crippen molar-refractivity contribution in [1.29, 1.82) is 0 Å². The standard InChI is InChI=1S/C4H7O3S.Na/c1-4(2)3-7-8(5)6;/h1,3H2,2H3;/q-1;+1. The topological polar surface area (TPSA) is 43.4 Å². The molecular formula is C4H7NaO3S. The summed E-state index contributed by atoms with van der Waals surface area (Å²) in [5, 5.41) is 0. The van der Waals surface area contributed by atoms with Crippen LogP contribution in [0.1, 0.15) is 6.92 Å². The Morgan fingerprint density at radius 2 is 2.11 bits per heavy atom. The zero-order valence-electron chi connectivity index (χ0n) is 5.55. The molecule has 0 aliphatic heterocycles. The fourth-order valence-electron chi connectivity index (χ4n) is 0.149. The minimum Gasteiger partial charge on any atom is -0.420 e. The molecular weight excluding hydrogens is 151 g/mol. The van der Waals surface area contributed by atoms with E-state index >= 15 is 0 Å². The Hall–Kier alpha value is 0.650. The quantitative estimate of drug-likeness (QED) is 0.266. The first-order valence-corrected chi connectivity index (χ1v) is 3.00. The molecule has 0 unspecified atom stereocenters. The molecule has 0 bridgehead atoms. The molecule has 0 fully saturated rings. The van der Waals surface area contributed by atoms with Crippen LogP contribution in [0.5, 0.6) is 0 Å². The molecule has 3 nitrogen and oxygen atoms in total. The number of rotatable bonds is 3. The summed E-state index contributed by atoms with van der Waals surface area (Å²) in [5.74, 6) is 0. The largest absolute Gasteiger partial charge is 1.00 e. The fourth-order valence-corrected chi connectivity index (χ4v) is 0.446. The van der Waals surface area contributed by atoms with Crippen molar-refractivity contribution < 1.29 is 42.2 Å². The first-order valence-electron chi connectivity index (χ1n) is 2.00. The van der Waals surface area contributed by atoms with Crippen molar-refractivity contribution >= 4 is 11.0 Å². The smallest absolute Gasteiger partial charge is 0.420 e. The fraction of sp³-hybridized carbons (Fsp3) is 0.500. The number of hydrogen-bond donors (Lipinski definition) is 0. The molecule has 0 rings (SSSR count). The average Bonchev–Trinajstić information content (AvgIpc) is 1.61. The summed E-state index contributed by atoms with van der Waals surface area (Å²) < 4.78 is 23.4. The third kappa shape index (κ3) is 12.0. The van der Waals surface area contributed by atoms with E-state index in [9.17, 15) is 8.42 Å². The summed E-state index contributed by atoms with van der Waals surface area (Å²) in [6.07, 6.45) is 0. The number of hydrogen-bond acceptors (Lipinski definition) is 4. The van der Waals surface area contributed by atoms with Gasteiger partial charge in [-0.15, -0.1) is 0 Å². The van der Waals surface area contributed by atoms with E-state index in [2.05, 4.69) is 10.8 Å². The Morgan fingerprint density at radius 3 is 2.22 bits per heavy atom. The van der Waals surface area contributed by atoms with Crippen LogP contribution in [0.4, 0.5) is 0 Å². The van der Waals surface area contributed by atoms with Gasteiger partial charge in [0.1, 0.15) is 0 Å². The molecule has 0 aromatic heterocycles. The van der Waals surface area contributed by atoms with Crippen LogP contribution in [0.3, 0.4) is 0 Å². The van der Waals surface area contributed by atoms with Gasteiger partial charge in [0.25, 0.3) is 0 Å². The second-order valence-corrected chi connectivity index (χ2v) is 2.07. The van der Waals surface area contributed by atoms with E-state index in [-0.39, 0.29) is 36.2 Å². The van der Waals surface area contributed by atoms with E-state index in [0.29, 0.717) is 5.57 Å². The molecule has 0 aliphatic carbocycles. The van der Waals surface area contributed by atoms with E-state index in [4.69, 9.17) is 0 Å². The van der Waals surface area contributed by atoms with Crippen molar-refractivity contribution in [1.82, 2.24) is 0 Å². The van der Waals surface area contributed by atoms with E-state index in [1.807, 2.05) is 0 Å². The van der Waals surface area contributed by atoms with E-state index < -0.39 is 11.0 Å². The van der Waals surface area contributed by atoms with Crippen LogP contribution in [0.25, 0.3) is 0 Å². The third-order valence-corrected chi connectivity index (χ3v) is 0.712. The van der Waals surface area contributed by atoms with Crippen molar-refractivity contribution in [3.05, 3.63) is 12.2 Å². The first-order chi connectivity index (χ1) is 3.63. The van der Waals surface area contributed by atoms with Gasteiger partial charge in [0, 0.05) is 6.61 Å². The minimum absolute atomic E-state index is 0. The second kappa shape index (κ2) is 6.77. The molecule has 0 aromatic rings. The van der Waals surface area contributed by atoms with Crippen LogP contribution in [0, 0.1) is 0 Å². The summed E-state index contributed by atoms with van der Waals surface area (Å²) in [5.41, 5.74) is 0.689. The maximum Gasteiger partial charge on any atom is 1.00 e. The predicted molar refractivity (Wildman–Crippen MR) is 29.5 cm³/mol. The normalized spacial score (nSPS) is 8.67. The van der Waals surface area contributed by atoms with Gasteiger partial charge in [-0.2, -0.15) is 0 Å². The zero-order chi connectivity index (χ0) is 6.57. The second-order valence-electron chi connectivity index (χ2n) is 1.42. The van der Waals surface area contributed by atoms with Gasteiger partial charge in [-0.25, -0.2) is 0 Å². The summed E-state index contributed by atoms with van der Waals surface area (Å²) in [7, 11) is -2.40. The van der Waals surface area contributed by atoms with Gasteiger partial charge in [0.2, 0.25) is 0 Å². The molecule has 0 radical (unpaired) electrons. The molecule has 0 saturated heterocycles. The minimum atomic E-state index is -2.40. The SMILES string of the molecule is C=C(C)CO[S-](=O)=O.[Na+]. The molecule has 48 valence electrons. The van der Waals surface area contributed by atoms with Crippen LogP contribution >= 0.6 is 0 Å². The third-order valence-electron chi connectivity index (χ3n) is 0.402.